The first-order valence-corrected chi connectivity index (χ1v) is 8.38. The van der Waals surface area contributed by atoms with Gasteiger partial charge < -0.3 is 24.8 Å². The van der Waals surface area contributed by atoms with Crippen LogP contribution in [0.15, 0.2) is 30.5 Å². The molecule has 0 bridgehead atoms. The molecule has 0 aliphatic rings. The van der Waals surface area contributed by atoms with Crippen LogP contribution >= 0.6 is 11.6 Å². The predicted octanol–water partition coefficient (Wildman–Crippen LogP) is 3.26. The van der Waals surface area contributed by atoms with Gasteiger partial charge in [0.05, 0.1) is 24.9 Å². The highest BCUT2D eigenvalue weighted by molar-refractivity contribution is 6.32. The van der Waals surface area contributed by atoms with Gasteiger partial charge in [0, 0.05) is 44.3 Å². The molecule has 1 amide bonds. The Morgan fingerprint density at radius 3 is 2.62 bits per heavy atom. The van der Waals surface area contributed by atoms with Gasteiger partial charge in [-0.3, -0.25) is 9.78 Å². The fourth-order valence-electron chi connectivity index (χ4n) is 2.26. The second-order valence-corrected chi connectivity index (χ2v) is 5.75. The number of anilines is 2. The molecule has 7 nitrogen and oxygen atoms in total. The number of carbonyl (C=O) groups is 1. The number of carbonyl (C=O) groups excluding carboxylic acids is 1. The van der Waals surface area contributed by atoms with E-state index < -0.39 is 0 Å². The van der Waals surface area contributed by atoms with Gasteiger partial charge >= 0.3 is 0 Å². The molecule has 2 rings (SSSR count). The van der Waals surface area contributed by atoms with E-state index in [1.54, 1.807) is 44.7 Å². The molecule has 0 atom stereocenters. The first-order valence-electron chi connectivity index (χ1n) is 8.00. The van der Waals surface area contributed by atoms with Crippen LogP contribution in [-0.2, 0) is 4.74 Å². The molecule has 2 N–H and O–H groups in total. The van der Waals surface area contributed by atoms with Gasteiger partial charge in [-0.15, -0.1) is 0 Å². The van der Waals surface area contributed by atoms with Crippen molar-refractivity contribution in [1.29, 1.82) is 0 Å². The van der Waals surface area contributed by atoms with Crippen LogP contribution in [0.1, 0.15) is 16.9 Å². The van der Waals surface area contributed by atoms with Crippen LogP contribution in [0.5, 0.6) is 11.5 Å². The zero-order valence-corrected chi connectivity index (χ0v) is 15.7. The summed E-state index contributed by atoms with van der Waals surface area (Å²) in [7, 11) is 4.71. The van der Waals surface area contributed by atoms with Crippen LogP contribution in [0.2, 0.25) is 5.02 Å². The summed E-state index contributed by atoms with van der Waals surface area (Å²) in [5.41, 5.74) is 1.66. The number of ether oxygens (including phenoxy) is 3. The molecule has 1 heterocycles. The Morgan fingerprint density at radius 2 is 1.92 bits per heavy atom. The Labute approximate surface area is 157 Å². The maximum atomic E-state index is 12.2. The largest absolute Gasteiger partial charge is 0.495 e. The Balaban J connectivity index is 2.14. The van der Waals surface area contributed by atoms with Gasteiger partial charge in [0.15, 0.2) is 0 Å². The van der Waals surface area contributed by atoms with Crippen molar-refractivity contribution in [2.45, 2.75) is 6.42 Å². The third-order valence-electron chi connectivity index (χ3n) is 3.56. The number of nitrogens with zero attached hydrogens (tertiary/aromatic N) is 1. The van der Waals surface area contributed by atoms with Crippen LogP contribution < -0.4 is 20.1 Å². The van der Waals surface area contributed by atoms with E-state index in [4.69, 9.17) is 25.8 Å². The van der Waals surface area contributed by atoms with Crippen LogP contribution in [0.4, 0.5) is 11.4 Å². The quantitative estimate of drug-likeness (QED) is 0.651. The Bertz CT molecular complexity index is 755. The summed E-state index contributed by atoms with van der Waals surface area (Å²) < 4.78 is 15.5. The Kier molecular flexibility index (Phi) is 7.50. The highest BCUT2D eigenvalue weighted by Gasteiger charge is 2.12. The van der Waals surface area contributed by atoms with Crippen LogP contribution in [0.25, 0.3) is 0 Å². The molecule has 0 spiro atoms. The average molecular weight is 380 g/mol. The Hall–Kier alpha value is -2.51. The maximum absolute atomic E-state index is 12.2. The third kappa shape index (κ3) is 5.24. The van der Waals surface area contributed by atoms with Crippen molar-refractivity contribution in [3.8, 4) is 11.5 Å². The lowest BCUT2D eigenvalue weighted by Crippen LogP contribution is -2.26. The van der Waals surface area contributed by atoms with Gasteiger partial charge in [-0.1, -0.05) is 11.6 Å². The molecule has 0 aliphatic heterocycles. The number of benzene rings is 1. The van der Waals surface area contributed by atoms with E-state index in [2.05, 4.69) is 15.6 Å². The zero-order valence-electron chi connectivity index (χ0n) is 15.0. The monoisotopic (exact) mass is 379 g/mol. The average Bonchev–Trinajstić information content (AvgIpc) is 2.66. The van der Waals surface area contributed by atoms with Crippen LogP contribution in [0, 0.1) is 0 Å². The number of rotatable bonds is 9. The number of methoxy groups -OCH3 is 3. The van der Waals surface area contributed by atoms with Crippen molar-refractivity contribution in [2.75, 3.05) is 39.8 Å². The normalized spacial score (nSPS) is 10.3. The van der Waals surface area contributed by atoms with Gasteiger partial charge in [0.2, 0.25) is 0 Å². The summed E-state index contributed by atoms with van der Waals surface area (Å²) in [6.07, 6.45) is 2.30. The minimum absolute atomic E-state index is 0.245. The minimum Gasteiger partial charge on any atom is -0.495 e. The number of nitrogens with one attached hydrogen (secondary N) is 2. The topological polar surface area (TPSA) is 81.7 Å². The molecular weight excluding hydrogens is 358 g/mol. The van der Waals surface area contributed by atoms with Gasteiger partial charge in [0.25, 0.3) is 5.91 Å². The summed E-state index contributed by atoms with van der Waals surface area (Å²) >= 11 is 6.12. The van der Waals surface area contributed by atoms with Gasteiger partial charge in [-0.05, 0) is 18.6 Å². The standard InChI is InChI=1S/C18H22ClN3O4/c1-24-8-4-6-21-18(23)15-9-12(5-7-20-15)22-14-11-16(25-2)13(19)10-17(14)26-3/h5,7,9-11H,4,6,8H2,1-3H3,(H,20,22)(H,21,23). The molecule has 1 aromatic carbocycles. The maximum Gasteiger partial charge on any atom is 0.269 e. The number of pyridine rings is 1. The first kappa shape index (κ1) is 19.8. The fourth-order valence-corrected chi connectivity index (χ4v) is 2.49. The number of halogens is 1. The lowest BCUT2D eigenvalue weighted by atomic mass is 10.2. The van der Waals surface area contributed by atoms with Crippen LogP contribution in [0.3, 0.4) is 0 Å². The zero-order chi connectivity index (χ0) is 18.9. The summed E-state index contributed by atoms with van der Waals surface area (Å²) in [5, 5.41) is 6.44. The van der Waals surface area contributed by atoms with Gasteiger partial charge in [-0.2, -0.15) is 0 Å². The van der Waals surface area contributed by atoms with Crippen molar-refractivity contribution >= 4 is 28.9 Å². The number of amides is 1. The van der Waals surface area contributed by atoms with E-state index in [1.165, 1.54) is 7.11 Å². The predicted molar refractivity (Wildman–Crippen MR) is 101 cm³/mol. The van der Waals surface area contributed by atoms with Gasteiger partial charge in [0.1, 0.15) is 17.2 Å². The van der Waals surface area contributed by atoms with Gasteiger partial charge in [-0.25, -0.2) is 0 Å². The fraction of sp³-hybridized carbons (Fsp3) is 0.333. The van der Waals surface area contributed by atoms with Crippen molar-refractivity contribution in [3.63, 3.8) is 0 Å². The Morgan fingerprint density at radius 1 is 1.15 bits per heavy atom. The lowest BCUT2D eigenvalue weighted by molar-refractivity contribution is 0.0943. The third-order valence-corrected chi connectivity index (χ3v) is 3.85. The lowest BCUT2D eigenvalue weighted by Gasteiger charge is -2.14. The summed E-state index contributed by atoms with van der Waals surface area (Å²) in [5.74, 6) is 0.823. The highest BCUT2D eigenvalue weighted by atomic mass is 35.5. The second kappa shape index (κ2) is 9.84. The van der Waals surface area contributed by atoms with Crippen LogP contribution in [-0.4, -0.2) is 45.4 Å². The van der Waals surface area contributed by atoms with E-state index in [0.29, 0.717) is 46.7 Å². The van der Waals surface area contributed by atoms with Crippen molar-refractivity contribution < 1.29 is 19.0 Å². The van der Waals surface area contributed by atoms with E-state index >= 15 is 0 Å². The van der Waals surface area contributed by atoms with Crippen molar-refractivity contribution in [3.05, 3.63) is 41.2 Å². The summed E-state index contributed by atoms with van der Waals surface area (Å²) in [6.45, 7) is 1.11. The molecule has 0 aliphatic carbocycles. The SMILES string of the molecule is COCCCNC(=O)c1cc(Nc2cc(OC)c(Cl)cc2OC)ccn1. The molecule has 0 unspecified atom stereocenters. The molecular formula is C18H22ClN3O4. The molecule has 0 saturated heterocycles. The van der Waals surface area contributed by atoms with Crippen molar-refractivity contribution in [1.82, 2.24) is 10.3 Å². The van der Waals surface area contributed by atoms with E-state index in [0.717, 1.165) is 6.42 Å². The van der Waals surface area contributed by atoms with E-state index in [-0.39, 0.29) is 5.91 Å². The molecule has 0 fully saturated rings. The molecule has 2 aromatic rings. The molecule has 0 radical (unpaired) electrons. The molecule has 140 valence electrons. The minimum atomic E-state index is -0.245. The molecule has 26 heavy (non-hydrogen) atoms. The van der Waals surface area contributed by atoms with E-state index in [1.807, 2.05) is 0 Å². The first-order chi connectivity index (χ1) is 12.6. The molecule has 8 heteroatoms. The number of hydrogen-bond donors (Lipinski definition) is 2. The van der Waals surface area contributed by atoms with Crippen molar-refractivity contribution in [2.24, 2.45) is 0 Å². The van der Waals surface area contributed by atoms with E-state index in [9.17, 15) is 4.79 Å². The summed E-state index contributed by atoms with van der Waals surface area (Å²) in [6, 6.07) is 6.80. The summed E-state index contributed by atoms with van der Waals surface area (Å²) in [4.78, 5) is 16.3. The smallest absolute Gasteiger partial charge is 0.269 e. The number of aromatic nitrogens is 1. The molecule has 0 saturated carbocycles. The molecule has 1 aromatic heterocycles. The number of hydrogen-bond acceptors (Lipinski definition) is 6. The second-order valence-electron chi connectivity index (χ2n) is 5.34. The highest BCUT2D eigenvalue weighted by Crippen LogP contribution is 2.37.